The maximum atomic E-state index is 12.5. The number of benzene rings is 1. The first-order valence-electron chi connectivity index (χ1n) is 7.29. The Kier molecular flexibility index (Phi) is 4.94. The van der Waals surface area contributed by atoms with E-state index in [-0.39, 0.29) is 11.7 Å². The van der Waals surface area contributed by atoms with Gasteiger partial charge in [-0.1, -0.05) is 26.7 Å². The molecule has 20 heavy (non-hydrogen) atoms. The van der Waals surface area contributed by atoms with E-state index in [2.05, 4.69) is 36.4 Å². The van der Waals surface area contributed by atoms with E-state index in [1.54, 1.807) is 12.1 Å². The number of aromatic hydroxyl groups is 1. The number of hydrogen-bond donors (Lipinski definition) is 1. The molecule has 0 saturated carbocycles. The monoisotopic (exact) mass is 387 g/mol. The number of nitrogens with zero attached hydrogens (tertiary/aromatic N) is 1. The Bertz CT molecular complexity index is 487. The summed E-state index contributed by atoms with van der Waals surface area (Å²) in [4.78, 5) is 14.4. The topological polar surface area (TPSA) is 40.5 Å². The third-order valence-electron chi connectivity index (χ3n) is 4.80. The Morgan fingerprint density at radius 1 is 1.30 bits per heavy atom. The Hall–Kier alpha value is -0.780. The second-order valence-corrected chi connectivity index (χ2v) is 6.91. The van der Waals surface area contributed by atoms with E-state index >= 15 is 0 Å². The molecule has 1 saturated heterocycles. The SMILES string of the molecule is CCC1(CC)CCN(C(=O)c2cc(I)ccc2O)CC1. The van der Waals surface area contributed by atoms with E-state index in [4.69, 9.17) is 0 Å². The first-order valence-corrected chi connectivity index (χ1v) is 8.37. The van der Waals surface area contributed by atoms with Crippen molar-refractivity contribution < 1.29 is 9.90 Å². The summed E-state index contributed by atoms with van der Waals surface area (Å²) in [6.45, 7) is 6.08. The fourth-order valence-electron chi connectivity index (χ4n) is 2.99. The van der Waals surface area contributed by atoms with Crippen LogP contribution in [0.4, 0.5) is 0 Å². The highest BCUT2D eigenvalue weighted by molar-refractivity contribution is 14.1. The first kappa shape index (κ1) is 15.6. The lowest BCUT2D eigenvalue weighted by Gasteiger charge is -2.41. The number of amides is 1. The quantitative estimate of drug-likeness (QED) is 0.796. The Morgan fingerprint density at radius 2 is 1.90 bits per heavy atom. The van der Waals surface area contributed by atoms with Gasteiger partial charge in [-0.05, 0) is 59.0 Å². The molecule has 1 heterocycles. The van der Waals surface area contributed by atoms with E-state index < -0.39 is 0 Å². The molecule has 0 unspecified atom stereocenters. The molecule has 2 rings (SSSR count). The van der Waals surface area contributed by atoms with Crippen LogP contribution in [0.25, 0.3) is 0 Å². The van der Waals surface area contributed by atoms with Gasteiger partial charge in [0.05, 0.1) is 5.56 Å². The molecule has 3 nitrogen and oxygen atoms in total. The number of likely N-dealkylation sites (tertiary alicyclic amines) is 1. The molecule has 1 aromatic carbocycles. The number of piperidine rings is 1. The van der Waals surface area contributed by atoms with Crippen molar-refractivity contribution in [2.24, 2.45) is 5.41 Å². The molecule has 0 bridgehead atoms. The molecule has 0 aromatic heterocycles. The molecule has 0 aliphatic carbocycles. The smallest absolute Gasteiger partial charge is 0.257 e. The van der Waals surface area contributed by atoms with Crippen molar-refractivity contribution in [1.82, 2.24) is 4.90 Å². The van der Waals surface area contributed by atoms with Gasteiger partial charge in [0.25, 0.3) is 5.91 Å². The lowest BCUT2D eigenvalue weighted by Crippen LogP contribution is -2.42. The molecule has 1 amide bonds. The lowest BCUT2D eigenvalue weighted by molar-refractivity contribution is 0.0555. The fraction of sp³-hybridized carbons (Fsp3) is 0.562. The number of carbonyl (C=O) groups excluding carboxylic acids is 1. The molecule has 1 aliphatic rings. The summed E-state index contributed by atoms with van der Waals surface area (Å²) >= 11 is 2.16. The highest BCUT2D eigenvalue weighted by Gasteiger charge is 2.33. The summed E-state index contributed by atoms with van der Waals surface area (Å²) in [6, 6.07) is 5.17. The van der Waals surface area contributed by atoms with Crippen LogP contribution >= 0.6 is 22.6 Å². The number of hydrogen-bond acceptors (Lipinski definition) is 2. The van der Waals surface area contributed by atoms with Gasteiger partial charge < -0.3 is 10.0 Å². The summed E-state index contributed by atoms with van der Waals surface area (Å²) in [7, 11) is 0. The average Bonchev–Trinajstić information content (AvgIpc) is 2.49. The summed E-state index contributed by atoms with van der Waals surface area (Å²) < 4.78 is 0.970. The van der Waals surface area contributed by atoms with Crippen molar-refractivity contribution in [1.29, 1.82) is 0 Å². The van der Waals surface area contributed by atoms with Gasteiger partial charge in [-0.15, -0.1) is 0 Å². The van der Waals surface area contributed by atoms with Crippen LogP contribution in [0.1, 0.15) is 49.9 Å². The summed E-state index contributed by atoms with van der Waals surface area (Å²) in [5, 5.41) is 9.88. The maximum Gasteiger partial charge on any atom is 0.257 e. The average molecular weight is 387 g/mol. The maximum absolute atomic E-state index is 12.5. The van der Waals surface area contributed by atoms with Crippen LogP contribution in [-0.4, -0.2) is 29.0 Å². The molecule has 0 atom stereocenters. The van der Waals surface area contributed by atoms with E-state index in [0.29, 0.717) is 11.0 Å². The summed E-state index contributed by atoms with van der Waals surface area (Å²) in [5.74, 6) is 0.0417. The molecule has 0 radical (unpaired) electrons. The third kappa shape index (κ3) is 3.10. The Labute approximate surface area is 134 Å². The number of halogens is 1. The van der Waals surface area contributed by atoms with Crippen LogP contribution in [0.15, 0.2) is 18.2 Å². The van der Waals surface area contributed by atoms with Crippen LogP contribution in [0.5, 0.6) is 5.75 Å². The van der Waals surface area contributed by atoms with Gasteiger partial charge in [0.1, 0.15) is 5.75 Å². The third-order valence-corrected chi connectivity index (χ3v) is 5.47. The number of carbonyl (C=O) groups is 1. The highest BCUT2D eigenvalue weighted by atomic mass is 127. The Morgan fingerprint density at radius 3 is 2.45 bits per heavy atom. The van der Waals surface area contributed by atoms with Crippen molar-refractivity contribution >= 4 is 28.5 Å². The van der Waals surface area contributed by atoms with E-state index in [0.717, 1.165) is 29.5 Å². The molecule has 1 N–H and O–H groups in total. The van der Waals surface area contributed by atoms with Crippen molar-refractivity contribution in [3.63, 3.8) is 0 Å². The normalized spacial score (nSPS) is 18.1. The van der Waals surface area contributed by atoms with Gasteiger partial charge in [0, 0.05) is 16.7 Å². The number of phenolic OH excluding ortho intramolecular Hbond substituents is 1. The van der Waals surface area contributed by atoms with Crippen molar-refractivity contribution in [2.45, 2.75) is 39.5 Å². The summed E-state index contributed by atoms with van der Waals surface area (Å²) in [6.07, 6.45) is 4.49. The molecule has 0 spiro atoms. The van der Waals surface area contributed by atoms with Crippen LogP contribution < -0.4 is 0 Å². The van der Waals surface area contributed by atoms with Crippen LogP contribution in [0, 0.1) is 8.99 Å². The highest BCUT2D eigenvalue weighted by Crippen LogP contribution is 2.38. The summed E-state index contributed by atoms with van der Waals surface area (Å²) in [5.41, 5.74) is 0.835. The molecule has 1 fully saturated rings. The molecular formula is C16H22INO2. The van der Waals surface area contributed by atoms with Gasteiger partial charge in [0.15, 0.2) is 0 Å². The van der Waals surface area contributed by atoms with Crippen LogP contribution in [-0.2, 0) is 0 Å². The molecule has 1 aromatic rings. The zero-order chi connectivity index (χ0) is 14.8. The zero-order valence-electron chi connectivity index (χ0n) is 12.2. The second-order valence-electron chi connectivity index (χ2n) is 5.66. The first-order chi connectivity index (χ1) is 9.51. The predicted octanol–water partition coefficient (Wildman–Crippen LogP) is 4.04. The number of phenols is 1. The zero-order valence-corrected chi connectivity index (χ0v) is 14.3. The molecule has 4 heteroatoms. The van der Waals surface area contributed by atoms with Gasteiger partial charge >= 0.3 is 0 Å². The second kappa shape index (κ2) is 6.33. The minimum atomic E-state index is -0.0400. The molecular weight excluding hydrogens is 365 g/mol. The molecule has 1 aliphatic heterocycles. The number of rotatable bonds is 3. The fourth-order valence-corrected chi connectivity index (χ4v) is 3.48. The molecule has 110 valence electrons. The van der Waals surface area contributed by atoms with E-state index in [1.807, 2.05) is 11.0 Å². The minimum Gasteiger partial charge on any atom is -0.507 e. The Balaban J connectivity index is 2.10. The van der Waals surface area contributed by atoms with Gasteiger partial charge in [-0.2, -0.15) is 0 Å². The minimum absolute atomic E-state index is 0.0400. The standard InChI is InChI=1S/C16H22INO2/c1-3-16(4-2)7-9-18(10-8-16)15(20)13-11-12(17)5-6-14(13)19/h5-6,11,19H,3-4,7-10H2,1-2H3. The van der Waals surface area contributed by atoms with Crippen molar-refractivity contribution in [2.75, 3.05) is 13.1 Å². The van der Waals surface area contributed by atoms with Crippen LogP contribution in [0.2, 0.25) is 0 Å². The van der Waals surface area contributed by atoms with Gasteiger partial charge in [-0.25, -0.2) is 0 Å². The predicted molar refractivity (Wildman–Crippen MR) is 89.0 cm³/mol. The largest absolute Gasteiger partial charge is 0.507 e. The van der Waals surface area contributed by atoms with Crippen molar-refractivity contribution in [3.8, 4) is 5.75 Å². The van der Waals surface area contributed by atoms with E-state index in [1.165, 1.54) is 12.8 Å². The van der Waals surface area contributed by atoms with Crippen LogP contribution in [0.3, 0.4) is 0 Å². The van der Waals surface area contributed by atoms with Gasteiger partial charge in [-0.3, -0.25) is 4.79 Å². The van der Waals surface area contributed by atoms with Gasteiger partial charge in [0.2, 0.25) is 0 Å². The van der Waals surface area contributed by atoms with Crippen molar-refractivity contribution in [3.05, 3.63) is 27.3 Å². The van der Waals surface area contributed by atoms with E-state index in [9.17, 15) is 9.90 Å². The lowest BCUT2D eigenvalue weighted by atomic mass is 9.74.